The summed E-state index contributed by atoms with van der Waals surface area (Å²) in [5.74, 6) is 0.171. The molecule has 4 nitrogen and oxygen atoms in total. The molecule has 1 unspecified atom stereocenters. The molecule has 1 atom stereocenters. The van der Waals surface area contributed by atoms with Crippen LogP contribution in [0.5, 0.6) is 0 Å². The number of pyridine rings is 1. The van der Waals surface area contributed by atoms with Crippen molar-refractivity contribution in [1.82, 2.24) is 15.2 Å². The van der Waals surface area contributed by atoms with Crippen molar-refractivity contribution in [2.45, 2.75) is 19.5 Å². The molecule has 15 heavy (non-hydrogen) atoms. The summed E-state index contributed by atoms with van der Waals surface area (Å²) in [6.45, 7) is 4.21. The average molecular weight is 205 g/mol. The quantitative estimate of drug-likeness (QED) is 0.760. The second kappa shape index (κ2) is 4.40. The summed E-state index contributed by atoms with van der Waals surface area (Å²) in [5.41, 5.74) is 1.08. The molecule has 0 spiro atoms. The van der Waals surface area contributed by atoms with Gasteiger partial charge < -0.3 is 10.2 Å². The summed E-state index contributed by atoms with van der Waals surface area (Å²) >= 11 is 0. The second-order valence-corrected chi connectivity index (χ2v) is 3.80. The number of amides is 1. The molecule has 1 aromatic heterocycles. The normalized spacial score (nSPS) is 21.8. The Morgan fingerprint density at radius 1 is 1.67 bits per heavy atom. The lowest BCUT2D eigenvalue weighted by molar-refractivity contribution is -0.135. The SMILES string of the molecule is CC1NCCN(Cc2cccnc2)C1=O. The first-order valence-electron chi connectivity index (χ1n) is 5.18. The van der Waals surface area contributed by atoms with E-state index in [9.17, 15) is 4.79 Å². The minimum absolute atomic E-state index is 0.0598. The number of piperazine rings is 1. The minimum Gasteiger partial charge on any atom is -0.336 e. The highest BCUT2D eigenvalue weighted by Gasteiger charge is 2.24. The second-order valence-electron chi connectivity index (χ2n) is 3.80. The Bertz CT molecular complexity index is 339. The van der Waals surface area contributed by atoms with Gasteiger partial charge >= 0.3 is 0 Å². The maximum Gasteiger partial charge on any atom is 0.239 e. The fourth-order valence-corrected chi connectivity index (χ4v) is 1.76. The first-order chi connectivity index (χ1) is 7.27. The van der Waals surface area contributed by atoms with Crippen LogP contribution >= 0.6 is 0 Å². The summed E-state index contributed by atoms with van der Waals surface area (Å²) in [6, 6.07) is 3.83. The molecular weight excluding hydrogens is 190 g/mol. The third-order valence-electron chi connectivity index (χ3n) is 2.61. The van der Waals surface area contributed by atoms with Crippen LogP contribution in [0.15, 0.2) is 24.5 Å². The van der Waals surface area contributed by atoms with Crippen molar-refractivity contribution < 1.29 is 4.79 Å². The van der Waals surface area contributed by atoms with E-state index < -0.39 is 0 Å². The van der Waals surface area contributed by atoms with Gasteiger partial charge in [0.2, 0.25) is 5.91 Å². The first kappa shape index (κ1) is 10.1. The van der Waals surface area contributed by atoms with Crippen molar-refractivity contribution in [2.24, 2.45) is 0 Å². The van der Waals surface area contributed by atoms with E-state index in [0.29, 0.717) is 6.54 Å². The lowest BCUT2D eigenvalue weighted by atomic mass is 10.2. The lowest BCUT2D eigenvalue weighted by Gasteiger charge is -2.31. The summed E-state index contributed by atoms with van der Waals surface area (Å²) in [5, 5.41) is 3.14. The van der Waals surface area contributed by atoms with Gasteiger partial charge in [0.1, 0.15) is 0 Å². The van der Waals surface area contributed by atoms with Gasteiger partial charge in [0.15, 0.2) is 0 Å². The van der Waals surface area contributed by atoms with Gasteiger partial charge in [-0.1, -0.05) is 6.07 Å². The van der Waals surface area contributed by atoms with Crippen molar-refractivity contribution in [3.63, 3.8) is 0 Å². The summed E-state index contributed by atoms with van der Waals surface area (Å²) in [4.78, 5) is 17.7. The summed E-state index contributed by atoms with van der Waals surface area (Å²) in [7, 11) is 0. The van der Waals surface area contributed by atoms with Gasteiger partial charge in [0.05, 0.1) is 6.04 Å². The van der Waals surface area contributed by atoms with E-state index in [1.54, 1.807) is 12.4 Å². The van der Waals surface area contributed by atoms with Crippen molar-refractivity contribution in [1.29, 1.82) is 0 Å². The maximum atomic E-state index is 11.8. The van der Waals surface area contributed by atoms with Crippen LogP contribution in [0, 0.1) is 0 Å². The molecule has 1 saturated heterocycles. The highest BCUT2D eigenvalue weighted by Crippen LogP contribution is 2.07. The van der Waals surface area contributed by atoms with Gasteiger partial charge in [-0.2, -0.15) is 0 Å². The van der Waals surface area contributed by atoms with E-state index in [4.69, 9.17) is 0 Å². The van der Waals surface area contributed by atoms with E-state index in [1.165, 1.54) is 0 Å². The molecule has 1 amide bonds. The molecule has 80 valence electrons. The minimum atomic E-state index is -0.0598. The van der Waals surface area contributed by atoms with Crippen LogP contribution < -0.4 is 5.32 Å². The Hall–Kier alpha value is -1.42. The average Bonchev–Trinajstić information content (AvgIpc) is 2.26. The predicted octanol–water partition coefficient (Wildman–Crippen LogP) is 0.402. The molecular formula is C11H15N3O. The van der Waals surface area contributed by atoms with Crippen LogP contribution in [0.25, 0.3) is 0 Å². The topological polar surface area (TPSA) is 45.2 Å². The first-order valence-corrected chi connectivity index (χ1v) is 5.18. The zero-order valence-electron chi connectivity index (χ0n) is 8.81. The van der Waals surface area contributed by atoms with Crippen LogP contribution in [-0.4, -0.2) is 34.9 Å². The molecule has 1 aromatic rings. The fraction of sp³-hybridized carbons (Fsp3) is 0.455. The molecule has 0 saturated carbocycles. The monoisotopic (exact) mass is 205 g/mol. The van der Waals surface area contributed by atoms with Crippen LogP contribution in [0.1, 0.15) is 12.5 Å². The Kier molecular flexibility index (Phi) is 2.97. The predicted molar refractivity (Wildman–Crippen MR) is 57.1 cm³/mol. The molecule has 1 fully saturated rings. The Morgan fingerprint density at radius 2 is 2.53 bits per heavy atom. The van der Waals surface area contributed by atoms with Crippen LogP contribution in [0.3, 0.4) is 0 Å². The number of hydrogen-bond donors (Lipinski definition) is 1. The van der Waals surface area contributed by atoms with E-state index in [-0.39, 0.29) is 11.9 Å². The molecule has 1 aliphatic rings. The largest absolute Gasteiger partial charge is 0.336 e. The molecule has 1 aliphatic heterocycles. The van der Waals surface area contributed by atoms with E-state index in [1.807, 2.05) is 24.0 Å². The Labute approximate surface area is 89.3 Å². The van der Waals surface area contributed by atoms with Crippen molar-refractivity contribution >= 4 is 5.91 Å². The lowest BCUT2D eigenvalue weighted by Crippen LogP contribution is -2.53. The number of aromatic nitrogens is 1. The number of rotatable bonds is 2. The molecule has 1 N–H and O–H groups in total. The highest BCUT2D eigenvalue weighted by molar-refractivity contribution is 5.82. The Balaban J connectivity index is 2.03. The smallest absolute Gasteiger partial charge is 0.239 e. The van der Waals surface area contributed by atoms with Crippen LogP contribution in [0.4, 0.5) is 0 Å². The fourth-order valence-electron chi connectivity index (χ4n) is 1.76. The zero-order valence-corrected chi connectivity index (χ0v) is 8.81. The zero-order chi connectivity index (χ0) is 10.7. The number of carbonyl (C=O) groups is 1. The van der Waals surface area contributed by atoms with Crippen molar-refractivity contribution in [3.8, 4) is 0 Å². The van der Waals surface area contributed by atoms with Gasteiger partial charge in [-0.25, -0.2) is 0 Å². The van der Waals surface area contributed by atoms with Gasteiger partial charge in [0, 0.05) is 32.0 Å². The Morgan fingerprint density at radius 3 is 3.27 bits per heavy atom. The summed E-state index contributed by atoms with van der Waals surface area (Å²) in [6.07, 6.45) is 3.55. The maximum absolute atomic E-state index is 11.8. The van der Waals surface area contributed by atoms with Gasteiger partial charge in [-0.05, 0) is 18.6 Å². The molecule has 2 heterocycles. The molecule has 0 aromatic carbocycles. The molecule has 2 rings (SSSR count). The van der Waals surface area contributed by atoms with Crippen molar-refractivity contribution in [2.75, 3.05) is 13.1 Å². The number of nitrogens with one attached hydrogen (secondary N) is 1. The van der Waals surface area contributed by atoms with Crippen LogP contribution in [0.2, 0.25) is 0 Å². The van der Waals surface area contributed by atoms with Crippen LogP contribution in [-0.2, 0) is 11.3 Å². The molecule has 0 aliphatic carbocycles. The van der Waals surface area contributed by atoms with E-state index in [2.05, 4.69) is 10.3 Å². The van der Waals surface area contributed by atoms with E-state index >= 15 is 0 Å². The molecule has 4 heteroatoms. The highest BCUT2D eigenvalue weighted by atomic mass is 16.2. The number of nitrogens with zero attached hydrogens (tertiary/aromatic N) is 2. The standard InChI is InChI=1S/C11H15N3O/c1-9-11(15)14(6-5-13-9)8-10-3-2-4-12-7-10/h2-4,7,9,13H,5-6,8H2,1H3. The number of hydrogen-bond acceptors (Lipinski definition) is 3. The summed E-state index contributed by atoms with van der Waals surface area (Å²) < 4.78 is 0. The van der Waals surface area contributed by atoms with Crippen molar-refractivity contribution in [3.05, 3.63) is 30.1 Å². The van der Waals surface area contributed by atoms with Gasteiger partial charge in [0.25, 0.3) is 0 Å². The third-order valence-corrected chi connectivity index (χ3v) is 2.61. The molecule has 0 radical (unpaired) electrons. The van der Waals surface area contributed by atoms with Gasteiger partial charge in [-0.3, -0.25) is 9.78 Å². The number of carbonyl (C=O) groups excluding carboxylic acids is 1. The third kappa shape index (κ3) is 2.33. The van der Waals surface area contributed by atoms with E-state index in [0.717, 1.165) is 18.7 Å². The van der Waals surface area contributed by atoms with Gasteiger partial charge in [-0.15, -0.1) is 0 Å². The molecule has 0 bridgehead atoms.